The van der Waals surface area contributed by atoms with Crippen molar-refractivity contribution in [2.45, 2.75) is 4.90 Å². The molecule has 2 aromatic rings. The number of nitrogens with one attached hydrogen (secondary N) is 1. The molecule has 1 N–H and O–H groups in total. The third kappa shape index (κ3) is 5.34. The van der Waals surface area contributed by atoms with Crippen molar-refractivity contribution in [3.63, 3.8) is 0 Å². The average Bonchev–Trinajstić information content (AvgIpc) is 2.66. The number of hydrogen-bond donors (Lipinski definition) is 1. The summed E-state index contributed by atoms with van der Waals surface area (Å²) in [4.78, 5) is 22.1. The molecule has 0 aliphatic rings. The molecule has 0 saturated heterocycles. The van der Waals surface area contributed by atoms with Crippen LogP contribution in [0.25, 0.3) is 0 Å². The Morgan fingerprint density at radius 3 is 2.41 bits per heavy atom. The molecule has 2 rings (SSSR count). The number of benzene rings is 2. The molecule has 0 spiro atoms. The molecule has 1 amide bonds. The standard InChI is InChI=1S/C17H18ClN3O7S/c1-20(2)29(25,26)16-8-11(4-6-15(16)27-3)19-17(22)10-28-14-7-5-12(21(23)24)9-13(14)18/h4-9H,10H2,1-3H3,(H,19,22). The van der Waals surface area contributed by atoms with Crippen LogP contribution in [-0.4, -0.2) is 51.4 Å². The second kappa shape index (κ2) is 9.07. The Bertz CT molecular complexity index is 1040. The van der Waals surface area contributed by atoms with E-state index in [1.165, 1.54) is 51.5 Å². The summed E-state index contributed by atoms with van der Waals surface area (Å²) >= 11 is 5.90. The molecule has 0 aromatic heterocycles. The summed E-state index contributed by atoms with van der Waals surface area (Å²) in [5, 5.41) is 13.2. The number of carbonyl (C=O) groups excluding carboxylic acids is 1. The van der Waals surface area contributed by atoms with Crippen LogP contribution in [0, 0.1) is 10.1 Å². The Balaban J connectivity index is 2.12. The van der Waals surface area contributed by atoms with Crippen molar-refractivity contribution in [3.05, 3.63) is 51.5 Å². The second-order valence-corrected chi connectivity index (χ2v) is 8.39. The summed E-state index contributed by atoms with van der Waals surface area (Å²) in [7, 11) is 0.294. The topological polar surface area (TPSA) is 128 Å². The van der Waals surface area contributed by atoms with E-state index in [-0.39, 0.29) is 32.8 Å². The molecule has 2 aromatic carbocycles. The Morgan fingerprint density at radius 2 is 1.86 bits per heavy atom. The molecule has 0 fully saturated rings. The van der Waals surface area contributed by atoms with E-state index in [2.05, 4.69) is 5.32 Å². The van der Waals surface area contributed by atoms with Crippen molar-refractivity contribution in [2.75, 3.05) is 33.1 Å². The largest absolute Gasteiger partial charge is 0.495 e. The quantitative estimate of drug-likeness (QED) is 0.490. The minimum atomic E-state index is -3.80. The Hall–Kier alpha value is -2.89. The number of halogens is 1. The first-order chi connectivity index (χ1) is 13.6. The van der Waals surface area contributed by atoms with Crippen LogP contribution in [0.2, 0.25) is 5.02 Å². The number of nitro benzene ring substituents is 1. The number of amides is 1. The van der Waals surface area contributed by atoms with Gasteiger partial charge in [-0.25, -0.2) is 12.7 Å². The molecule has 10 nitrogen and oxygen atoms in total. The van der Waals surface area contributed by atoms with Crippen molar-refractivity contribution >= 4 is 38.9 Å². The molecule has 0 aliphatic carbocycles. The molecule has 0 aliphatic heterocycles. The van der Waals surface area contributed by atoms with Gasteiger partial charge in [0.15, 0.2) is 6.61 Å². The van der Waals surface area contributed by atoms with Gasteiger partial charge in [-0.05, 0) is 24.3 Å². The number of non-ortho nitro benzene ring substituents is 1. The highest BCUT2D eigenvalue weighted by molar-refractivity contribution is 7.89. The van der Waals surface area contributed by atoms with E-state index in [1.807, 2.05) is 0 Å². The van der Waals surface area contributed by atoms with Crippen LogP contribution in [0.5, 0.6) is 11.5 Å². The number of carbonyl (C=O) groups is 1. The zero-order chi connectivity index (χ0) is 21.8. The van der Waals surface area contributed by atoms with Gasteiger partial charge in [-0.2, -0.15) is 0 Å². The van der Waals surface area contributed by atoms with Gasteiger partial charge in [0.25, 0.3) is 11.6 Å². The maximum atomic E-state index is 12.4. The van der Waals surface area contributed by atoms with Crippen LogP contribution in [0.1, 0.15) is 0 Å². The molecular weight excluding hydrogens is 426 g/mol. The molecule has 12 heteroatoms. The molecule has 0 heterocycles. The van der Waals surface area contributed by atoms with Gasteiger partial charge in [0.05, 0.1) is 17.1 Å². The molecule has 0 saturated carbocycles. The number of rotatable bonds is 8. The van der Waals surface area contributed by atoms with E-state index in [1.54, 1.807) is 0 Å². The summed E-state index contributed by atoms with van der Waals surface area (Å²) in [6, 6.07) is 7.75. The summed E-state index contributed by atoms with van der Waals surface area (Å²) in [5.41, 5.74) is 0.00860. The van der Waals surface area contributed by atoms with Crippen molar-refractivity contribution in [3.8, 4) is 11.5 Å². The third-order valence-electron chi connectivity index (χ3n) is 3.69. The minimum Gasteiger partial charge on any atom is -0.495 e. The van der Waals surface area contributed by atoms with Crippen molar-refractivity contribution in [1.82, 2.24) is 4.31 Å². The van der Waals surface area contributed by atoms with Crippen LogP contribution in [-0.2, 0) is 14.8 Å². The highest BCUT2D eigenvalue weighted by atomic mass is 35.5. The SMILES string of the molecule is COc1ccc(NC(=O)COc2ccc([N+](=O)[O-])cc2Cl)cc1S(=O)(=O)N(C)C. The Labute approximate surface area is 172 Å². The molecule has 0 bridgehead atoms. The second-order valence-electron chi connectivity index (χ2n) is 5.86. The minimum absolute atomic E-state index is 0.0178. The number of nitrogens with zero attached hydrogens (tertiary/aromatic N) is 2. The average molecular weight is 444 g/mol. The van der Waals surface area contributed by atoms with Gasteiger partial charge < -0.3 is 14.8 Å². The van der Waals surface area contributed by atoms with Gasteiger partial charge in [0.2, 0.25) is 10.0 Å². The number of hydrogen-bond acceptors (Lipinski definition) is 7. The molecule has 156 valence electrons. The van der Waals surface area contributed by atoms with E-state index < -0.39 is 27.5 Å². The number of ether oxygens (including phenoxy) is 2. The predicted octanol–water partition coefficient (Wildman–Crippen LogP) is 2.52. The lowest BCUT2D eigenvalue weighted by Gasteiger charge is -2.16. The Kier molecular flexibility index (Phi) is 7.01. The van der Waals surface area contributed by atoms with Gasteiger partial charge in [-0.3, -0.25) is 14.9 Å². The lowest BCUT2D eigenvalue weighted by atomic mass is 10.3. The molecule has 0 unspecified atom stereocenters. The van der Waals surface area contributed by atoms with Gasteiger partial charge in [0, 0.05) is 31.9 Å². The number of sulfonamides is 1. The van der Waals surface area contributed by atoms with Crippen LogP contribution < -0.4 is 14.8 Å². The fourth-order valence-corrected chi connectivity index (χ4v) is 3.52. The fourth-order valence-electron chi connectivity index (χ4n) is 2.21. The maximum absolute atomic E-state index is 12.4. The van der Waals surface area contributed by atoms with E-state index >= 15 is 0 Å². The third-order valence-corrected chi connectivity index (χ3v) is 5.82. The van der Waals surface area contributed by atoms with E-state index in [9.17, 15) is 23.3 Å². The van der Waals surface area contributed by atoms with Crippen LogP contribution >= 0.6 is 11.6 Å². The maximum Gasteiger partial charge on any atom is 0.271 e. The monoisotopic (exact) mass is 443 g/mol. The zero-order valence-corrected chi connectivity index (χ0v) is 17.3. The summed E-state index contributed by atoms with van der Waals surface area (Å²) in [5.74, 6) is -0.360. The highest BCUT2D eigenvalue weighted by Crippen LogP contribution is 2.30. The van der Waals surface area contributed by atoms with Gasteiger partial charge in [0.1, 0.15) is 16.4 Å². The summed E-state index contributed by atoms with van der Waals surface area (Å²) in [6.45, 7) is -0.445. The first-order valence-electron chi connectivity index (χ1n) is 8.03. The van der Waals surface area contributed by atoms with Gasteiger partial charge in [-0.15, -0.1) is 0 Å². The highest BCUT2D eigenvalue weighted by Gasteiger charge is 2.23. The lowest BCUT2D eigenvalue weighted by Crippen LogP contribution is -2.24. The van der Waals surface area contributed by atoms with E-state index in [0.717, 1.165) is 10.4 Å². The lowest BCUT2D eigenvalue weighted by molar-refractivity contribution is -0.384. The van der Waals surface area contributed by atoms with E-state index in [4.69, 9.17) is 21.1 Å². The number of anilines is 1. The van der Waals surface area contributed by atoms with E-state index in [0.29, 0.717) is 0 Å². The van der Waals surface area contributed by atoms with Crippen LogP contribution in [0.4, 0.5) is 11.4 Å². The molecular formula is C17H18ClN3O7S. The van der Waals surface area contributed by atoms with Gasteiger partial charge >= 0.3 is 0 Å². The van der Waals surface area contributed by atoms with Crippen LogP contribution in [0.15, 0.2) is 41.3 Å². The number of methoxy groups -OCH3 is 1. The Morgan fingerprint density at radius 1 is 1.21 bits per heavy atom. The van der Waals surface area contributed by atoms with Crippen LogP contribution in [0.3, 0.4) is 0 Å². The first-order valence-corrected chi connectivity index (χ1v) is 9.85. The molecule has 0 atom stereocenters. The summed E-state index contributed by atoms with van der Waals surface area (Å²) in [6.07, 6.45) is 0. The fraction of sp³-hybridized carbons (Fsp3) is 0.235. The summed E-state index contributed by atoms with van der Waals surface area (Å²) < 4.78 is 36.2. The predicted molar refractivity (Wildman–Crippen MR) is 106 cm³/mol. The first kappa shape index (κ1) is 22.4. The van der Waals surface area contributed by atoms with Crippen molar-refractivity contribution in [2.24, 2.45) is 0 Å². The van der Waals surface area contributed by atoms with Crippen molar-refractivity contribution in [1.29, 1.82) is 0 Å². The van der Waals surface area contributed by atoms with Crippen molar-refractivity contribution < 1.29 is 27.6 Å². The molecule has 29 heavy (non-hydrogen) atoms. The van der Waals surface area contributed by atoms with Gasteiger partial charge in [-0.1, -0.05) is 11.6 Å². The smallest absolute Gasteiger partial charge is 0.271 e. The normalized spacial score (nSPS) is 11.2. The molecule has 0 radical (unpaired) electrons. The number of nitro groups is 1. The zero-order valence-electron chi connectivity index (χ0n) is 15.7.